The van der Waals surface area contributed by atoms with E-state index in [9.17, 15) is 14.4 Å². The Morgan fingerprint density at radius 2 is 1.74 bits per heavy atom. The van der Waals surface area contributed by atoms with Crippen LogP contribution in [0.5, 0.6) is 5.75 Å². The van der Waals surface area contributed by atoms with E-state index in [1.807, 2.05) is 47.4 Å². The molecule has 4 rings (SSSR count). The van der Waals surface area contributed by atoms with Crippen LogP contribution in [0.2, 0.25) is 0 Å². The molecule has 0 spiro atoms. The Bertz CT molecular complexity index is 1190. The molecule has 3 amide bonds. The number of nitrogens with one attached hydrogen (secondary N) is 1. The zero-order valence-electron chi connectivity index (χ0n) is 21.9. The minimum absolute atomic E-state index is 0.00146. The summed E-state index contributed by atoms with van der Waals surface area (Å²) < 4.78 is 10.7. The number of benzene rings is 2. The maximum absolute atomic E-state index is 13.3. The highest BCUT2D eigenvalue weighted by Crippen LogP contribution is 2.33. The van der Waals surface area contributed by atoms with E-state index >= 15 is 0 Å². The number of esters is 1. The van der Waals surface area contributed by atoms with Gasteiger partial charge in [0.1, 0.15) is 5.75 Å². The fourth-order valence-corrected chi connectivity index (χ4v) is 4.78. The zero-order chi connectivity index (χ0) is 27.1. The molecule has 38 heavy (non-hydrogen) atoms. The molecule has 2 aliphatic heterocycles. The van der Waals surface area contributed by atoms with Gasteiger partial charge >= 0.3 is 12.0 Å². The lowest BCUT2D eigenvalue weighted by atomic mass is 9.94. The molecule has 0 aromatic heterocycles. The van der Waals surface area contributed by atoms with Crippen molar-refractivity contribution in [1.29, 1.82) is 0 Å². The molecule has 2 aromatic carbocycles. The molecule has 1 saturated heterocycles. The smallest absolute Gasteiger partial charge is 0.338 e. The number of piperazine rings is 1. The number of hydrogen-bond acceptors (Lipinski definition) is 6. The van der Waals surface area contributed by atoms with Crippen molar-refractivity contribution in [3.8, 4) is 5.75 Å². The molecule has 9 nitrogen and oxygen atoms in total. The third-order valence-electron chi connectivity index (χ3n) is 6.75. The quantitative estimate of drug-likeness (QED) is 0.405. The molecule has 0 bridgehead atoms. The maximum Gasteiger partial charge on any atom is 0.338 e. The van der Waals surface area contributed by atoms with Crippen molar-refractivity contribution < 1.29 is 23.9 Å². The van der Waals surface area contributed by atoms with Gasteiger partial charge in [0.05, 0.1) is 25.3 Å². The SMILES string of the molecule is C=CCN1C(=O)NC(c2ccc(OC)cc2)C(C(=O)OCC)=C1CN1CCN(C(=O)c2ccccc2)CC1. The first-order valence-electron chi connectivity index (χ1n) is 12.8. The summed E-state index contributed by atoms with van der Waals surface area (Å²) in [4.78, 5) is 45.0. The van der Waals surface area contributed by atoms with Crippen molar-refractivity contribution in [2.24, 2.45) is 0 Å². The topological polar surface area (TPSA) is 91.4 Å². The van der Waals surface area contributed by atoms with Gasteiger partial charge in [-0.05, 0) is 36.8 Å². The van der Waals surface area contributed by atoms with Crippen LogP contribution in [0.25, 0.3) is 0 Å². The summed E-state index contributed by atoms with van der Waals surface area (Å²) in [6.45, 7) is 8.67. The summed E-state index contributed by atoms with van der Waals surface area (Å²) >= 11 is 0. The predicted octanol–water partition coefficient (Wildman–Crippen LogP) is 3.22. The van der Waals surface area contributed by atoms with E-state index in [2.05, 4.69) is 16.8 Å². The molecule has 200 valence electrons. The van der Waals surface area contributed by atoms with Gasteiger partial charge in [0.25, 0.3) is 5.91 Å². The number of nitrogens with zero attached hydrogens (tertiary/aromatic N) is 3. The van der Waals surface area contributed by atoms with E-state index < -0.39 is 12.0 Å². The standard InChI is InChI=1S/C29H34N4O5/c1-4-15-33-24(20-31-16-18-32(19-17-31)27(34)22-9-7-6-8-10-22)25(28(35)38-5-2)26(30-29(33)36)21-11-13-23(37-3)14-12-21/h4,6-14,26H,1,5,15-20H2,2-3H3,(H,30,36). The van der Waals surface area contributed by atoms with Gasteiger partial charge in [0.15, 0.2) is 0 Å². The zero-order valence-corrected chi connectivity index (χ0v) is 21.9. The first kappa shape index (κ1) is 26.9. The molecule has 1 unspecified atom stereocenters. The van der Waals surface area contributed by atoms with Crippen LogP contribution in [0, 0.1) is 0 Å². The summed E-state index contributed by atoms with van der Waals surface area (Å²) in [5, 5.41) is 2.97. The van der Waals surface area contributed by atoms with Crippen LogP contribution in [0.4, 0.5) is 4.79 Å². The Kier molecular flexibility index (Phi) is 8.81. The molecular formula is C29H34N4O5. The van der Waals surface area contributed by atoms with Crippen molar-refractivity contribution in [2.75, 3.05) is 53.0 Å². The average Bonchev–Trinajstić information content (AvgIpc) is 2.95. The second-order valence-electron chi connectivity index (χ2n) is 9.07. The molecule has 0 radical (unpaired) electrons. The Morgan fingerprint density at radius 1 is 1.05 bits per heavy atom. The molecule has 9 heteroatoms. The van der Waals surface area contributed by atoms with E-state index in [0.29, 0.717) is 55.3 Å². The molecule has 2 heterocycles. The second-order valence-corrected chi connectivity index (χ2v) is 9.07. The van der Waals surface area contributed by atoms with Crippen LogP contribution in [0.3, 0.4) is 0 Å². The van der Waals surface area contributed by atoms with Crippen LogP contribution in [0.15, 0.2) is 78.5 Å². The van der Waals surface area contributed by atoms with Crippen LogP contribution < -0.4 is 10.1 Å². The largest absolute Gasteiger partial charge is 0.497 e. The minimum Gasteiger partial charge on any atom is -0.497 e. The van der Waals surface area contributed by atoms with E-state index in [1.165, 1.54) is 0 Å². The van der Waals surface area contributed by atoms with E-state index in [4.69, 9.17) is 9.47 Å². The van der Waals surface area contributed by atoms with Gasteiger partial charge < -0.3 is 19.7 Å². The van der Waals surface area contributed by atoms with Gasteiger partial charge in [-0.25, -0.2) is 9.59 Å². The number of rotatable bonds is 9. The summed E-state index contributed by atoms with van der Waals surface area (Å²) in [6, 6.07) is 15.5. The molecule has 0 aliphatic carbocycles. The highest BCUT2D eigenvalue weighted by atomic mass is 16.5. The first-order chi connectivity index (χ1) is 18.5. The minimum atomic E-state index is -0.676. The Morgan fingerprint density at radius 3 is 2.34 bits per heavy atom. The van der Waals surface area contributed by atoms with E-state index in [1.54, 1.807) is 37.1 Å². The fourth-order valence-electron chi connectivity index (χ4n) is 4.78. The number of carbonyl (C=O) groups is 3. The highest BCUT2D eigenvalue weighted by Gasteiger charge is 2.39. The van der Waals surface area contributed by atoms with E-state index in [-0.39, 0.29) is 25.1 Å². The fraction of sp³-hybridized carbons (Fsp3) is 0.345. The maximum atomic E-state index is 13.3. The molecular weight excluding hydrogens is 484 g/mol. The molecule has 1 fully saturated rings. The number of hydrogen-bond donors (Lipinski definition) is 1. The molecule has 0 saturated carbocycles. The van der Waals surface area contributed by atoms with Gasteiger partial charge in [0, 0.05) is 50.5 Å². The predicted molar refractivity (Wildman–Crippen MR) is 144 cm³/mol. The lowest BCUT2D eigenvalue weighted by Crippen LogP contribution is -2.53. The number of ether oxygens (including phenoxy) is 2. The molecule has 2 aliphatic rings. The van der Waals surface area contributed by atoms with Crippen molar-refractivity contribution >= 4 is 17.9 Å². The third-order valence-corrected chi connectivity index (χ3v) is 6.75. The monoisotopic (exact) mass is 518 g/mol. The molecule has 2 aromatic rings. The summed E-state index contributed by atoms with van der Waals surface area (Å²) in [5.41, 5.74) is 2.38. The number of carbonyl (C=O) groups excluding carboxylic acids is 3. The van der Waals surface area contributed by atoms with Crippen molar-refractivity contribution in [2.45, 2.75) is 13.0 Å². The lowest BCUT2D eigenvalue weighted by Gasteiger charge is -2.40. The summed E-state index contributed by atoms with van der Waals surface area (Å²) in [7, 11) is 1.58. The van der Waals surface area contributed by atoms with E-state index in [0.717, 1.165) is 5.56 Å². The van der Waals surface area contributed by atoms with Gasteiger partial charge in [-0.15, -0.1) is 6.58 Å². The number of amides is 3. The van der Waals surface area contributed by atoms with Crippen molar-refractivity contribution in [3.05, 3.63) is 89.6 Å². The van der Waals surface area contributed by atoms with Gasteiger partial charge in [0.2, 0.25) is 0 Å². The van der Waals surface area contributed by atoms with Crippen LogP contribution in [0.1, 0.15) is 28.9 Å². The molecule has 1 atom stereocenters. The van der Waals surface area contributed by atoms with Gasteiger partial charge in [-0.3, -0.25) is 14.6 Å². The summed E-state index contributed by atoms with van der Waals surface area (Å²) in [5.74, 6) is 0.200. The summed E-state index contributed by atoms with van der Waals surface area (Å²) in [6.07, 6.45) is 1.63. The van der Waals surface area contributed by atoms with Crippen LogP contribution >= 0.6 is 0 Å². The highest BCUT2D eigenvalue weighted by molar-refractivity contribution is 5.95. The first-order valence-corrected chi connectivity index (χ1v) is 12.8. The Balaban J connectivity index is 1.62. The number of methoxy groups -OCH3 is 1. The van der Waals surface area contributed by atoms with Crippen molar-refractivity contribution in [1.82, 2.24) is 20.0 Å². The van der Waals surface area contributed by atoms with Crippen LogP contribution in [-0.2, 0) is 9.53 Å². The normalized spacial score (nSPS) is 18.2. The number of urea groups is 1. The Labute approximate surface area is 223 Å². The average molecular weight is 519 g/mol. The second kappa shape index (κ2) is 12.4. The van der Waals surface area contributed by atoms with Crippen LogP contribution in [-0.4, -0.2) is 85.6 Å². The van der Waals surface area contributed by atoms with Gasteiger partial charge in [-0.2, -0.15) is 0 Å². The van der Waals surface area contributed by atoms with Crippen molar-refractivity contribution in [3.63, 3.8) is 0 Å². The molecule has 1 N–H and O–H groups in total. The van der Waals surface area contributed by atoms with Gasteiger partial charge in [-0.1, -0.05) is 36.4 Å². The third kappa shape index (κ3) is 5.89. The Hall–Kier alpha value is -4.11. The lowest BCUT2D eigenvalue weighted by molar-refractivity contribution is -0.139.